The van der Waals surface area contributed by atoms with E-state index in [1.165, 1.54) is 0 Å². The van der Waals surface area contributed by atoms with Gasteiger partial charge < -0.3 is 15.7 Å². The summed E-state index contributed by atoms with van der Waals surface area (Å²) in [4.78, 5) is 12.4. The average molecular weight is 290 g/mol. The SMILES string of the molecule is CCCCNc1ccccc1C(=O)NC1CCC(O)CC1. The van der Waals surface area contributed by atoms with Crippen molar-refractivity contribution in [2.24, 2.45) is 0 Å². The lowest BCUT2D eigenvalue weighted by molar-refractivity contribution is 0.0868. The highest BCUT2D eigenvalue weighted by Crippen LogP contribution is 2.20. The Kier molecular flexibility index (Phi) is 6.05. The van der Waals surface area contributed by atoms with Crippen LogP contribution in [0.15, 0.2) is 24.3 Å². The van der Waals surface area contributed by atoms with Gasteiger partial charge in [0.2, 0.25) is 0 Å². The molecular weight excluding hydrogens is 264 g/mol. The first-order valence-electron chi connectivity index (χ1n) is 8.02. The molecule has 1 aromatic rings. The van der Waals surface area contributed by atoms with Crippen molar-refractivity contribution in [2.45, 2.75) is 57.6 Å². The molecule has 0 heterocycles. The Morgan fingerprint density at radius 3 is 2.67 bits per heavy atom. The van der Waals surface area contributed by atoms with E-state index in [-0.39, 0.29) is 18.1 Å². The van der Waals surface area contributed by atoms with Gasteiger partial charge in [-0.1, -0.05) is 25.5 Å². The minimum absolute atomic E-state index is 0.0176. The molecule has 3 N–H and O–H groups in total. The lowest BCUT2D eigenvalue weighted by Crippen LogP contribution is -2.38. The highest BCUT2D eigenvalue weighted by atomic mass is 16.3. The van der Waals surface area contributed by atoms with E-state index in [1.54, 1.807) is 0 Å². The van der Waals surface area contributed by atoms with Gasteiger partial charge in [-0.3, -0.25) is 4.79 Å². The van der Waals surface area contributed by atoms with Crippen LogP contribution < -0.4 is 10.6 Å². The first kappa shape index (κ1) is 15.8. The number of aliphatic hydroxyl groups is 1. The van der Waals surface area contributed by atoms with Crippen LogP contribution in [0.25, 0.3) is 0 Å². The van der Waals surface area contributed by atoms with E-state index in [4.69, 9.17) is 0 Å². The van der Waals surface area contributed by atoms with Crippen molar-refractivity contribution in [2.75, 3.05) is 11.9 Å². The molecule has 1 aliphatic rings. The molecule has 21 heavy (non-hydrogen) atoms. The third-order valence-corrected chi connectivity index (χ3v) is 4.05. The third kappa shape index (κ3) is 4.74. The summed E-state index contributed by atoms with van der Waals surface area (Å²) in [5, 5.41) is 16.0. The van der Waals surface area contributed by atoms with E-state index in [0.29, 0.717) is 5.56 Å². The normalized spacial score (nSPS) is 21.8. The summed E-state index contributed by atoms with van der Waals surface area (Å²) in [5.41, 5.74) is 1.61. The lowest BCUT2D eigenvalue weighted by Gasteiger charge is -2.26. The predicted molar refractivity (Wildman–Crippen MR) is 85.6 cm³/mol. The van der Waals surface area contributed by atoms with Crippen molar-refractivity contribution in [3.8, 4) is 0 Å². The molecule has 4 nitrogen and oxygen atoms in total. The molecular formula is C17H26N2O2. The van der Waals surface area contributed by atoms with Crippen molar-refractivity contribution in [1.82, 2.24) is 5.32 Å². The van der Waals surface area contributed by atoms with E-state index in [9.17, 15) is 9.90 Å². The molecule has 1 amide bonds. The molecule has 0 spiro atoms. The maximum atomic E-state index is 12.4. The number of para-hydroxylation sites is 1. The summed E-state index contributed by atoms with van der Waals surface area (Å²) >= 11 is 0. The predicted octanol–water partition coefficient (Wildman–Crippen LogP) is 2.93. The second-order valence-electron chi connectivity index (χ2n) is 5.80. The van der Waals surface area contributed by atoms with Crippen LogP contribution >= 0.6 is 0 Å². The smallest absolute Gasteiger partial charge is 0.253 e. The monoisotopic (exact) mass is 290 g/mol. The molecule has 1 aliphatic carbocycles. The molecule has 0 saturated heterocycles. The fraction of sp³-hybridized carbons (Fsp3) is 0.588. The van der Waals surface area contributed by atoms with Gasteiger partial charge in [0.15, 0.2) is 0 Å². The van der Waals surface area contributed by atoms with Crippen molar-refractivity contribution in [1.29, 1.82) is 0 Å². The Hall–Kier alpha value is -1.55. The van der Waals surface area contributed by atoms with Crippen LogP contribution in [-0.4, -0.2) is 29.7 Å². The number of rotatable bonds is 6. The maximum Gasteiger partial charge on any atom is 0.253 e. The van der Waals surface area contributed by atoms with Crippen LogP contribution in [-0.2, 0) is 0 Å². The Bertz CT molecular complexity index is 454. The number of nitrogens with one attached hydrogen (secondary N) is 2. The summed E-state index contributed by atoms with van der Waals surface area (Å²) in [6.45, 7) is 3.04. The van der Waals surface area contributed by atoms with Crippen molar-refractivity contribution in [3.05, 3.63) is 29.8 Å². The molecule has 116 valence electrons. The zero-order valence-electron chi connectivity index (χ0n) is 12.8. The number of carbonyl (C=O) groups is 1. The van der Waals surface area contributed by atoms with E-state index in [2.05, 4.69) is 17.6 Å². The van der Waals surface area contributed by atoms with Gasteiger partial charge in [0.05, 0.1) is 11.7 Å². The molecule has 0 unspecified atom stereocenters. The van der Waals surface area contributed by atoms with E-state index in [1.807, 2.05) is 24.3 Å². The number of aliphatic hydroxyl groups excluding tert-OH is 1. The van der Waals surface area contributed by atoms with Crippen LogP contribution in [0.5, 0.6) is 0 Å². The van der Waals surface area contributed by atoms with Gasteiger partial charge in [-0.2, -0.15) is 0 Å². The average Bonchev–Trinajstić information content (AvgIpc) is 2.50. The quantitative estimate of drug-likeness (QED) is 0.706. The summed E-state index contributed by atoms with van der Waals surface area (Å²) in [5.74, 6) is -0.0176. The second-order valence-corrected chi connectivity index (χ2v) is 5.80. The lowest BCUT2D eigenvalue weighted by atomic mass is 9.93. The zero-order chi connectivity index (χ0) is 15.1. The Morgan fingerprint density at radius 1 is 1.24 bits per heavy atom. The standard InChI is InChI=1S/C17H26N2O2/c1-2-3-12-18-16-7-5-4-6-15(16)17(21)19-13-8-10-14(20)11-9-13/h4-7,13-14,18,20H,2-3,8-12H2,1H3,(H,19,21). The van der Waals surface area contributed by atoms with Gasteiger partial charge >= 0.3 is 0 Å². The van der Waals surface area contributed by atoms with Crippen LogP contribution in [0, 0.1) is 0 Å². The number of hydrogen-bond donors (Lipinski definition) is 3. The number of benzene rings is 1. The van der Waals surface area contributed by atoms with Crippen molar-refractivity contribution >= 4 is 11.6 Å². The fourth-order valence-electron chi connectivity index (χ4n) is 2.72. The highest BCUT2D eigenvalue weighted by molar-refractivity contribution is 5.99. The van der Waals surface area contributed by atoms with Crippen molar-refractivity contribution in [3.63, 3.8) is 0 Å². The number of amides is 1. The van der Waals surface area contributed by atoms with Gasteiger partial charge in [-0.15, -0.1) is 0 Å². The van der Waals surface area contributed by atoms with Crippen LogP contribution in [0.2, 0.25) is 0 Å². The molecule has 0 aromatic heterocycles. The van der Waals surface area contributed by atoms with Gasteiger partial charge in [-0.05, 0) is 44.2 Å². The molecule has 0 aliphatic heterocycles. The molecule has 0 bridgehead atoms. The number of anilines is 1. The fourth-order valence-corrected chi connectivity index (χ4v) is 2.72. The molecule has 4 heteroatoms. The largest absolute Gasteiger partial charge is 0.393 e. The molecule has 2 rings (SSSR count). The third-order valence-electron chi connectivity index (χ3n) is 4.05. The minimum atomic E-state index is -0.193. The first-order valence-corrected chi connectivity index (χ1v) is 8.02. The summed E-state index contributed by atoms with van der Waals surface area (Å²) in [7, 11) is 0. The topological polar surface area (TPSA) is 61.4 Å². The Morgan fingerprint density at radius 2 is 1.95 bits per heavy atom. The Labute approximate surface area is 126 Å². The maximum absolute atomic E-state index is 12.4. The molecule has 0 radical (unpaired) electrons. The molecule has 1 saturated carbocycles. The van der Waals surface area contributed by atoms with Crippen molar-refractivity contribution < 1.29 is 9.90 Å². The van der Waals surface area contributed by atoms with E-state index >= 15 is 0 Å². The molecule has 1 aromatic carbocycles. The van der Waals surface area contributed by atoms with Gasteiger partial charge in [0, 0.05) is 18.3 Å². The summed E-state index contributed by atoms with van der Waals surface area (Å²) in [6.07, 6.45) is 5.31. The Balaban J connectivity index is 1.95. The van der Waals surface area contributed by atoms with E-state index < -0.39 is 0 Å². The highest BCUT2D eigenvalue weighted by Gasteiger charge is 2.22. The van der Waals surface area contributed by atoms with E-state index in [0.717, 1.165) is 50.8 Å². The van der Waals surface area contributed by atoms with Crippen LogP contribution in [0.1, 0.15) is 55.8 Å². The first-order chi connectivity index (χ1) is 10.2. The number of hydrogen-bond acceptors (Lipinski definition) is 3. The number of carbonyl (C=O) groups excluding carboxylic acids is 1. The van der Waals surface area contributed by atoms with Gasteiger partial charge in [0.25, 0.3) is 5.91 Å². The van der Waals surface area contributed by atoms with Crippen LogP contribution in [0.3, 0.4) is 0 Å². The van der Waals surface area contributed by atoms with Gasteiger partial charge in [-0.25, -0.2) is 0 Å². The molecule has 0 atom stereocenters. The summed E-state index contributed by atoms with van der Waals surface area (Å²) < 4.78 is 0. The second kappa shape index (κ2) is 8.03. The summed E-state index contributed by atoms with van der Waals surface area (Å²) in [6, 6.07) is 7.84. The zero-order valence-corrected chi connectivity index (χ0v) is 12.8. The van der Waals surface area contributed by atoms with Gasteiger partial charge in [0.1, 0.15) is 0 Å². The van der Waals surface area contributed by atoms with Crippen LogP contribution in [0.4, 0.5) is 5.69 Å². The minimum Gasteiger partial charge on any atom is -0.393 e. The molecule has 1 fully saturated rings. The number of unbranched alkanes of at least 4 members (excludes halogenated alkanes) is 1.